The van der Waals surface area contributed by atoms with Gasteiger partial charge in [-0.25, -0.2) is 18.9 Å². The number of anilines is 2. The molecule has 0 unspecified atom stereocenters. The number of carbonyl (C=O) groups is 4. The van der Waals surface area contributed by atoms with Gasteiger partial charge in [-0.1, -0.05) is 0 Å². The summed E-state index contributed by atoms with van der Waals surface area (Å²) >= 11 is 0. The summed E-state index contributed by atoms with van der Waals surface area (Å²) in [5, 5.41) is 2.67. The van der Waals surface area contributed by atoms with E-state index in [2.05, 4.69) is 5.32 Å². The van der Waals surface area contributed by atoms with Gasteiger partial charge < -0.3 is 15.0 Å². The van der Waals surface area contributed by atoms with Gasteiger partial charge in [-0.2, -0.15) is 0 Å². The first-order valence-corrected chi connectivity index (χ1v) is 10.2. The van der Waals surface area contributed by atoms with Gasteiger partial charge in [0.2, 0.25) is 5.91 Å². The van der Waals surface area contributed by atoms with E-state index < -0.39 is 35.7 Å². The third-order valence-electron chi connectivity index (χ3n) is 4.95. The van der Waals surface area contributed by atoms with E-state index in [-0.39, 0.29) is 24.8 Å². The number of hydrogen-bond donors (Lipinski definition) is 1. The van der Waals surface area contributed by atoms with Crippen molar-refractivity contribution in [2.24, 2.45) is 0 Å². The van der Waals surface area contributed by atoms with Gasteiger partial charge in [-0.3, -0.25) is 9.59 Å². The second kappa shape index (κ2) is 9.59. The molecule has 1 saturated heterocycles. The summed E-state index contributed by atoms with van der Waals surface area (Å²) in [7, 11) is 0. The van der Waals surface area contributed by atoms with Crippen LogP contribution in [0.3, 0.4) is 0 Å². The average molecular weight is 441 g/mol. The van der Waals surface area contributed by atoms with Crippen LogP contribution in [0, 0.1) is 5.82 Å². The van der Waals surface area contributed by atoms with Crippen molar-refractivity contribution >= 4 is 35.2 Å². The highest BCUT2D eigenvalue weighted by Crippen LogP contribution is 2.29. The summed E-state index contributed by atoms with van der Waals surface area (Å²) in [5.74, 6) is -1.97. The summed E-state index contributed by atoms with van der Waals surface area (Å²) < 4.78 is 18.2. The molecule has 0 saturated carbocycles. The molecule has 168 valence electrons. The molecule has 1 fully saturated rings. The number of benzene rings is 2. The lowest BCUT2D eigenvalue weighted by atomic mass is 10.1. The maximum absolute atomic E-state index is 13.3. The predicted molar refractivity (Wildman–Crippen MR) is 116 cm³/mol. The fourth-order valence-corrected chi connectivity index (χ4v) is 3.50. The topological polar surface area (TPSA) is 96.0 Å². The Hall–Kier alpha value is -3.75. The maximum Gasteiger partial charge on any atom is 0.338 e. The molecule has 0 bridgehead atoms. The molecule has 32 heavy (non-hydrogen) atoms. The van der Waals surface area contributed by atoms with Crippen molar-refractivity contribution in [1.82, 2.24) is 4.90 Å². The van der Waals surface area contributed by atoms with Gasteiger partial charge in [0, 0.05) is 11.7 Å². The van der Waals surface area contributed by atoms with E-state index in [4.69, 9.17) is 4.74 Å². The van der Waals surface area contributed by atoms with E-state index in [0.29, 0.717) is 11.3 Å². The Labute approximate surface area is 184 Å². The standard InChI is InChI=1S/C23H24FN3O5/c1-4-32-22(30)15-5-9-17(10-6-15)25-20(28)13-19-21(29)27(23(31)26(19)14(2)3)18-11-7-16(24)8-12-18/h5-12,14,19H,4,13H2,1-3H3,(H,25,28)/t19-/m1/s1. The molecule has 3 rings (SSSR count). The molecule has 8 nitrogen and oxygen atoms in total. The fourth-order valence-electron chi connectivity index (χ4n) is 3.50. The van der Waals surface area contributed by atoms with Gasteiger partial charge in [0.05, 0.1) is 24.3 Å². The third kappa shape index (κ3) is 4.77. The predicted octanol–water partition coefficient (Wildman–Crippen LogP) is 3.58. The van der Waals surface area contributed by atoms with Crippen molar-refractivity contribution in [2.75, 3.05) is 16.8 Å². The molecule has 0 aromatic heterocycles. The molecule has 1 aliphatic heterocycles. The Morgan fingerprint density at radius 1 is 1.06 bits per heavy atom. The summed E-state index contributed by atoms with van der Waals surface area (Å²) in [6, 6.07) is 9.27. The van der Waals surface area contributed by atoms with Gasteiger partial charge >= 0.3 is 12.0 Å². The Balaban J connectivity index is 1.73. The lowest BCUT2D eigenvalue weighted by molar-refractivity contribution is -0.124. The van der Waals surface area contributed by atoms with Crippen LogP contribution in [0.2, 0.25) is 0 Å². The average Bonchev–Trinajstić information content (AvgIpc) is 2.99. The van der Waals surface area contributed by atoms with Crippen LogP contribution in [0.1, 0.15) is 37.6 Å². The van der Waals surface area contributed by atoms with E-state index in [0.717, 1.165) is 17.0 Å². The first-order valence-electron chi connectivity index (χ1n) is 10.2. The number of hydrogen-bond acceptors (Lipinski definition) is 5. The van der Waals surface area contributed by atoms with Gasteiger partial charge in [-0.15, -0.1) is 0 Å². The smallest absolute Gasteiger partial charge is 0.338 e. The van der Waals surface area contributed by atoms with E-state index in [1.165, 1.54) is 29.2 Å². The van der Waals surface area contributed by atoms with Crippen LogP contribution < -0.4 is 10.2 Å². The van der Waals surface area contributed by atoms with Crippen LogP contribution in [0.25, 0.3) is 0 Å². The van der Waals surface area contributed by atoms with E-state index in [1.54, 1.807) is 32.9 Å². The van der Waals surface area contributed by atoms with Crippen molar-refractivity contribution in [2.45, 2.75) is 39.3 Å². The molecule has 1 atom stereocenters. The highest BCUT2D eigenvalue weighted by Gasteiger charge is 2.47. The SMILES string of the molecule is CCOC(=O)c1ccc(NC(=O)C[C@@H]2C(=O)N(c3ccc(F)cc3)C(=O)N2C(C)C)cc1. The van der Waals surface area contributed by atoms with Gasteiger partial charge in [0.25, 0.3) is 5.91 Å². The van der Waals surface area contributed by atoms with Crippen molar-refractivity contribution in [1.29, 1.82) is 0 Å². The molecule has 0 aliphatic carbocycles. The monoisotopic (exact) mass is 441 g/mol. The molecule has 1 heterocycles. The second-order valence-corrected chi connectivity index (χ2v) is 7.50. The molecule has 2 aromatic rings. The zero-order chi connectivity index (χ0) is 23.4. The number of carbonyl (C=O) groups excluding carboxylic acids is 4. The normalized spacial score (nSPS) is 16.0. The number of imide groups is 1. The van der Waals surface area contributed by atoms with Crippen LogP contribution in [0.5, 0.6) is 0 Å². The van der Waals surface area contributed by atoms with E-state index in [9.17, 15) is 23.6 Å². The molecule has 4 amide bonds. The maximum atomic E-state index is 13.3. The number of halogens is 1. The number of nitrogens with zero attached hydrogens (tertiary/aromatic N) is 2. The van der Waals surface area contributed by atoms with Crippen LogP contribution >= 0.6 is 0 Å². The summed E-state index contributed by atoms with van der Waals surface area (Å²) in [5.41, 5.74) is 1.03. The summed E-state index contributed by atoms with van der Waals surface area (Å²) in [6.45, 7) is 5.46. The number of urea groups is 1. The van der Waals surface area contributed by atoms with Crippen LogP contribution in [0.15, 0.2) is 48.5 Å². The number of esters is 1. The summed E-state index contributed by atoms with van der Waals surface area (Å²) in [4.78, 5) is 52.6. The third-order valence-corrected chi connectivity index (χ3v) is 4.95. The molecule has 0 spiro atoms. The second-order valence-electron chi connectivity index (χ2n) is 7.50. The quantitative estimate of drug-likeness (QED) is 0.523. The van der Waals surface area contributed by atoms with Gasteiger partial charge in [-0.05, 0) is 69.3 Å². The lowest BCUT2D eigenvalue weighted by Crippen LogP contribution is -2.42. The minimum Gasteiger partial charge on any atom is -0.462 e. The molecule has 9 heteroatoms. The van der Waals surface area contributed by atoms with E-state index in [1.807, 2.05) is 0 Å². The highest BCUT2D eigenvalue weighted by molar-refractivity contribution is 6.22. The zero-order valence-corrected chi connectivity index (χ0v) is 18.0. The van der Waals surface area contributed by atoms with Crippen molar-refractivity contribution in [3.63, 3.8) is 0 Å². The molecule has 1 aliphatic rings. The van der Waals surface area contributed by atoms with Gasteiger partial charge in [0.1, 0.15) is 11.9 Å². The Morgan fingerprint density at radius 2 is 1.69 bits per heavy atom. The largest absolute Gasteiger partial charge is 0.462 e. The lowest BCUT2D eigenvalue weighted by Gasteiger charge is -2.25. The van der Waals surface area contributed by atoms with Gasteiger partial charge in [0.15, 0.2) is 0 Å². The van der Waals surface area contributed by atoms with Crippen LogP contribution in [0.4, 0.5) is 20.6 Å². The first kappa shape index (κ1) is 22.9. The van der Waals surface area contributed by atoms with Crippen LogP contribution in [-0.4, -0.2) is 47.4 Å². The minimum atomic E-state index is -0.994. The number of nitrogens with one attached hydrogen (secondary N) is 1. The molecule has 0 radical (unpaired) electrons. The fraction of sp³-hybridized carbons (Fsp3) is 0.304. The molecular formula is C23H24FN3O5. The van der Waals surface area contributed by atoms with Crippen molar-refractivity contribution in [3.8, 4) is 0 Å². The zero-order valence-electron chi connectivity index (χ0n) is 18.0. The first-order chi connectivity index (χ1) is 15.2. The molecular weight excluding hydrogens is 417 g/mol. The summed E-state index contributed by atoms with van der Waals surface area (Å²) in [6.07, 6.45) is -0.250. The number of rotatable bonds is 7. The number of ether oxygens (including phenoxy) is 1. The Morgan fingerprint density at radius 3 is 2.25 bits per heavy atom. The van der Waals surface area contributed by atoms with Crippen molar-refractivity contribution in [3.05, 3.63) is 59.9 Å². The Bertz CT molecular complexity index is 1020. The Kier molecular flexibility index (Phi) is 6.87. The number of amides is 4. The van der Waals surface area contributed by atoms with E-state index >= 15 is 0 Å². The molecule has 2 aromatic carbocycles. The van der Waals surface area contributed by atoms with Crippen LogP contribution in [-0.2, 0) is 14.3 Å². The highest BCUT2D eigenvalue weighted by atomic mass is 19.1. The minimum absolute atomic E-state index is 0.240. The molecule has 1 N–H and O–H groups in total. The van der Waals surface area contributed by atoms with Crippen molar-refractivity contribution < 1.29 is 28.3 Å².